The average Bonchev–Trinajstić information content (AvgIpc) is 2.36. The van der Waals surface area contributed by atoms with Crippen LogP contribution in [0.2, 0.25) is 0 Å². The van der Waals surface area contributed by atoms with Crippen molar-refractivity contribution in [2.75, 3.05) is 6.61 Å². The number of carboxylic acids is 1. The largest absolute Gasteiger partial charge is 0.492 e. The summed E-state index contributed by atoms with van der Waals surface area (Å²) < 4.78 is 5.54. The molecule has 1 aromatic carbocycles. The van der Waals surface area contributed by atoms with Gasteiger partial charge < -0.3 is 9.84 Å². The first-order valence-corrected chi connectivity index (χ1v) is 5.81. The van der Waals surface area contributed by atoms with E-state index in [0.29, 0.717) is 12.8 Å². The van der Waals surface area contributed by atoms with E-state index in [0.717, 1.165) is 11.3 Å². The van der Waals surface area contributed by atoms with E-state index in [4.69, 9.17) is 16.3 Å². The summed E-state index contributed by atoms with van der Waals surface area (Å²) in [5.41, 5.74) is 1.38. The van der Waals surface area contributed by atoms with Gasteiger partial charge in [-0.25, -0.2) is 0 Å². The van der Waals surface area contributed by atoms with E-state index in [2.05, 4.69) is 0 Å². The van der Waals surface area contributed by atoms with Gasteiger partial charge in [0.2, 0.25) is 0 Å². The zero-order valence-corrected chi connectivity index (χ0v) is 9.98. The fourth-order valence-corrected chi connectivity index (χ4v) is 2.14. The number of hydrogen-bond donors (Lipinski definition) is 1. The zero-order chi connectivity index (χ0) is 12.3. The lowest BCUT2D eigenvalue weighted by Gasteiger charge is -2.33. The molecule has 1 atom stereocenters. The van der Waals surface area contributed by atoms with Gasteiger partial charge in [0.05, 0.1) is 0 Å². The van der Waals surface area contributed by atoms with E-state index in [9.17, 15) is 9.90 Å². The lowest BCUT2D eigenvalue weighted by molar-refractivity contribution is -0.151. The van der Waals surface area contributed by atoms with Gasteiger partial charge in [-0.15, -0.1) is 0 Å². The Morgan fingerprint density at radius 1 is 1.53 bits per heavy atom. The SMILES string of the molecule is O=C(O)C1(C/C=C/Cl)COc2ccccc2C1. The second-order valence-corrected chi connectivity index (χ2v) is 4.48. The molecule has 3 nitrogen and oxygen atoms in total. The van der Waals surface area contributed by atoms with E-state index in [1.54, 1.807) is 6.08 Å². The van der Waals surface area contributed by atoms with Crippen LogP contribution in [0.25, 0.3) is 0 Å². The third-order valence-corrected chi connectivity index (χ3v) is 3.23. The van der Waals surface area contributed by atoms with Crippen LogP contribution in [0, 0.1) is 5.41 Å². The van der Waals surface area contributed by atoms with Crippen LogP contribution in [-0.2, 0) is 11.2 Å². The molecule has 17 heavy (non-hydrogen) atoms. The fourth-order valence-electron chi connectivity index (χ4n) is 2.05. The van der Waals surface area contributed by atoms with Crippen LogP contribution in [0.15, 0.2) is 35.9 Å². The van der Waals surface area contributed by atoms with Crippen LogP contribution in [0.5, 0.6) is 5.75 Å². The number of carbonyl (C=O) groups is 1. The van der Waals surface area contributed by atoms with Crippen LogP contribution in [-0.4, -0.2) is 17.7 Å². The van der Waals surface area contributed by atoms with Gasteiger partial charge in [-0.1, -0.05) is 35.9 Å². The highest BCUT2D eigenvalue weighted by Crippen LogP contribution is 2.37. The minimum Gasteiger partial charge on any atom is -0.492 e. The summed E-state index contributed by atoms with van der Waals surface area (Å²) in [5.74, 6) is -0.0685. The van der Waals surface area contributed by atoms with Gasteiger partial charge in [-0.2, -0.15) is 0 Å². The third kappa shape index (κ3) is 2.29. The number of halogens is 1. The first-order valence-electron chi connectivity index (χ1n) is 5.37. The molecule has 0 aliphatic carbocycles. The predicted octanol–water partition coefficient (Wildman–Crippen LogP) is 2.84. The Balaban J connectivity index is 2.30. The van der Waals surface area contributed by atoms with Crippen molar-refractivity contribution in [1.29, 1.82) is 0 Å². The summed E-state index contributed by atoms with van der Waals surface area (Å²) in [6.45, 7) is 0.181. The van der Waals surface area contributed by atoms with Gasteiger partial charge in [0.25, 0.3) is 0 Å². The molecule has 1 N–H and O–H groups in total. The molecule has 0 spiro atoms. The summed E-state index contributed by atoms with van der Waals surface area (Å²) in [7, 11) is 0. The molecule has 0 aromatic heterocycles. The highest BCUT2D eigenvalue weighted by Gasteiger charge is 2.42. The summed E-state index contributed by atoms with van der Waals surface area (Å²) in [5, 5.41) is 9.38. The van der Waals surface area contributed by atoms with E-state index < -0.39 is 11.4 Å². The normalized spacial score (nSPS) is 23.1. The second kappa shape index (κ2) is 4.80. The Hall–Kier alpha value is -1.48. The molecule has 1 aromatic rings. The van der Waals surface area contributed by atoms with Gasteiger partial charge in [-0.3, -0.25) is 4.79 Å². The minimum atomic E-state index is -0.903. The number of allylic oxidation sites excluding steroid dienone is 1. The molecule has 0 saturated heterocycles. The van der Waals surface area contributed by atoms with Gasteiger partial charge in [0.1, 0.15) is 17.8 Å². The topological polar surface area (TPSA) is 46.5 Å². The van der Waals surface area contributed by atoms with Gasteiger partial charge in [0, 0.05) is 5.54 Å². The minimum absolute atomic E-state index is 0.181. The van der Waals surface area contributed by atoms with E-state index in [1.165, 1.54) is 5.54 Å². The maximum Gasteiger partial charge on any atom is 0.313 e. The number of aliphatic carboxylic acids is 1. The molecule has 0 saturated carbocycles. The fraction of sp³-hybridized carbons (Fsp3) is 0.308. The van der Waals surface area contributed by atoms with Crippen molar-refractivity contribution in [3.63, 3.8) is 0 Å². The van der Waals surface area contributed by atoms with Crippen LogP contribution in [0.1, 0.15) is 12.0 Å². The van der Waals surface area contributed by atoms with Crippen molar-refractivity contribution in [2.45, 2.75) is 12.8 Å². The maximum atomic E-state index is 11.4. The Bertz CT molecular complexity index is 456. The average molecular weight is 253 g/mol. The van der Waals surface area contributed by atoms with Crippen molar-refractivity contribution in [3.05, 3.63) is 41.4 Å². The molecule has 1 heterocycles. The first-order chi connectivity index (χ1) is 8.18. The van der Waals surface area contributed by atoms with E-state index >= 15 is 0 Å². The molecule has 0 bridgehead atoms. The van der Waals surface area contributed by atoms with Gasteiger partial charge in [-0.05, 0) is 24.5 Å². The zero-order valence-electron chi connectivity index (χ0n) is 9.23. The molecule has 1 unspecified atom stereocenters. The molecule has 1 aliphatic heterocycles. The molecular formula is C13H13ClO3. The van der Waals surface area contributed by atoms with Crippen molar-refractivity contribution in [1.82, 2.24) is 0 Å². The smallest absolute Gasteiger partial charge is 0.313 e. The Morgan fingerprint density at radius 3 is 3.00 bits per heavy atom. The summed E-state index contributed by atoms with van der Waals surface area (Å²) in [6, 6.07) is 7.53. The Kier molecular flexibility index (Phi) is 3.38. The number of hydrogen-bond acceptors (Lipinski definition) is 2. The van der Waals surface area contributed by atoms with E-state index in [-0.39, 0.29) is 6.61 Å². The van der Waals surface area contributed by atoms with Crippen molar-refractivity contribution >= 4 is 17.6 Å². The van der Waals surface area contributed by atoms with Crippen LogP contribution in [0.3, 0.4) is 0 Å². The Labute approximate surface area is 105 Å². The molecule has 2 rings (SSSR count). The Morgan fingerprint density at radius 2 is 2.29 bits per heavy atom. The molecular weight excluding hydrogens is 240 g/mol. The number of carboxylic acid groups (broad SMARTS) is 1. The number of para-hydroxylation sites is 1. The number of fused-ring (bicyclic) bond motifs is 1. The third-order valence-electron chi connectivity index (χ3n) is 3.06. The van der Waals surface area contributed by atoms with Gasteiger partial charge in [0.15, 0.2) is 0 Å². The van der Waals surface area contributed by atoms with Crippen molar-refractivity contribution in [2.24, 2.45) is 5.41 Å². The van der Waals surface area contributed by atoms with E-state index in [1.807, 2.05) is 24.3 Å². The van der Waals surface area contributed by atoms with Crippen molar-refractivity contribution in [3.8, 4) is 5.75 Å². The van der Waals surface area contributed by atoms with Crippen LogP contribution in [0.4, 0.5) is 0 Å². The predicted molar refractivity (Wildman–Crippen MR) is 65.3 cm³/mol. The van der Waals surface area contributed by atoms with Crippen molar-refractivity contribution < 1.29 is 14.6 Å². The lowest BCUT2D eigenvalue weighted by atomic mass is 9.78. The summed E-state index contributed by atoms with van der Waals surface area (Å²) in [4.78, 5) is 11.4. The molecule has 90 valence electrons. The highest BCUT2D eigenvalue weighted by atomic mass is 35.5. The molecule has 0 fully saturated rings. The number of benzene rings is 1. The standard InChI is InChI=1S/C13H13ClO3/c14-7-3-6-13(12(15)16)8-10-4-1-2-5-11(10)17-9-13/h1-5,7H,6,8-9H2,(H,15,16)/b7-3+. The molecule has 0 amide bonds. The summed E-state index contributed by atoms with van der Waals surface area (Å²) >= 11 is 5.47. The highest BCUT2D eigenvalue weighted by molar-refractivity contribution is 6.25. The van der Waals surface area contributed by atoms with Crippen LogP contribution < -0.4 is 4.74 Å². The monoisotopic (exact) mass is 252 g/mol. The number of ether oxygens (including phenoxy) is 1. The van der Waals surface area contributed by atoms with Crippen LogP contribution >= 0.6 is 11.6 Å². The molecule has 4 heteroatoms. The first kappa shape index (κ1) is 12.0. The molecule has 1 aliphatic rings. The second-order valence-electron chi connectivity index (χ2n) is 4.22. The summed E-state index contributed by atoms with van der Waals surface area (Å²) in [6.07, 6.45) is 2.51. The molecule has 0 radical (unpaired) electrons. The number of rotatable bonds is 3. The lowest BCUT2D eigenvalue weighted by Crippen LogP contribution is -2.41. The maximum absolute atomic E-state index is 11.4. The van der Waals surface area contributed by atoms with Gasteiger partial charge >= 0.3 is 5.97 Å². The quantitative estimate of drug-likeness (QED) is 0.900.